The molecule has 0 aromatic carbocycles. The summed E-state index contributed by atoms with van der Waals surface area (Å²) in [5.41, 5.74) is 0.365. The molecule has 3 heterocycles. The van der Waals surface area contributed by atoms with E-state index in [1.807, 2.05) is 0 Å². The summed E-state index contributed by atoms with van der Waals surface area (Å²) in [5, 5.41) is 7.60. The predicted molar refractivity (Wildman–Crippen MR) is 72.3 cm³/mol. The number of halogens is 1. The van der Waals surface area contributed by atoms with Crippen LogP contribution in [0.4, 0.5) is 0 Å². The van der Waals surface area contributed by atoms with E-state index in [2.05, 4.69) is 26.1 Å². The topological polar surface area (TPSA) is 91.5 Å². The Kier molecular flexibility index (Phi) is 3.61. The summed E-state index contributed by atoms with van der Waals surface area (Å²) < 4.78 is 21.3. The molecule has 0 radical (unpaired) electrons. The van der Waals surface area contributed by atoms with Gasteiger partial charge in [0, 0.05) is 0 Å². The molecule has 0 N–H and O–H groups in total. The van der Waals surface area contributed by atoms with Gasteiger partial charge in [0.05, 0.1) is 6.26 Å². The first kappa shape index (κ1) is 13.6. The normalized spacial score (nSPS) is 10.8. The van der Waals surface area contributed by atoms with Crippen LogP contribution in [0.3, 0.4) is 0 Å². The minimum Gasteiger partial charge on any atom is -0.469 e. The summed E-state index contributed by atoms with van der Waals surface area (Å²) in [6.07, 6.45) is 1.42. The first-order valence-corrected chi connectivity index (χ1v) is 6.72. The van der Waals surface area contributed by atoms with Crippen LogP contribution in [0.1, 0.15) is 22.0 Å². The minimum atomic E-state index is -0.512. The number of aryl methyl sites for hydroxylation is 1. The van der Waals surface area contributed by atoms with E-state index in [1.165, 1.54) is 12.3 Å². The van der Waals surface area contributed by atoms with E-state index in [4.69, 9.17) is 18.0 Å². The van der Waals surface area contributed by atoms with E-state index >= 15 is 0 Å². The molecule has 108 valence electrons. The van der Waals surface area contributed by atoms with Crippen LogP contribution >= 0.6 is 15.9 Å². The lowest BCUT2D eigenvalue weighted by molar-refractivity contribution is 0.0436. The third kappa shape index (κ3) is 2.89. The molecule has 0 bridgehead atoms. The maximum atomic E-state index is 11.8. The number of carbonyl (C=O) groups excluding carboxylic acids is 1. The quantitative estimate of drug-likeness (QED) is 0.664. The molecular weight excluding hydrogens is 344 g/mol. The number of nitrogens with zero attached hydrogens (tertiary/aromatic N) is 2. The molecule has 3 rings (SSSR count). The number of ether oxygens (including phenoxy) is 1. The van der Waals surface area contributed by atoms with Gasteiger partial charge in [-0.05, 0) is 41.1 Å². The van der Waals surface area contributed by atoms with Crippen LogP contribution < -0.4 is 0 Å². The lowest BCUT2D eigenvalue weighted by atomic mass is 10.3. The van der Waals surface area contributed by atoms with Crippen molar-refractivity contribution in [3.8, 4) is 11.7 Å². The molecule has 3 aromatic rings. The van der Waals surface area contributed by atoms with E-state index in [-0.39, 0.29) is 18.4 Å². The van der Waals surface area contributed by atoms with Gasteiger partial charge < -0.3 is 18.0 Å². The van der Waals surface area contributed by atoms with Crippen molar-refractivity contribution in [1.29, 1.82) is 0 Å². The first-order valence-electron chi connectivity index (χ1n) is 5.93. The molecule has 0 aliphatic rings. The van der Waals surface area contributed by atoms with Crippen molar-refractivity contribution in [1.82, 2.24) is 10.2 Å². The molecule has 0 aliphatic heterocycles. The Morgan fingerprint density at radius 2 is 2.14 bits per heavy atom. The van der Waals surface area contributed by atoms with Gasteiger partial charge in [0.1, 0.15) is 11.3 Å². The molecule has 0 saturated carbocycles. The summed E-state index contributed by atoms with van der Waals surface area (Å²) in [4.78, 5) is 11.8. The van der Waals surface area contributed by atoms with Crippen LogP contribution in [0.5, 0.6) is 0 Å². The van der Waals surface area contributed by atoms with Gasteiger partial charge in [-0.15, -0.1) is 10.2 Å². The summed E-state index contributed by atoms with van der Waals surface area (Å²) in [6.45, 7) is 1.55. The van der Waals surface area contributed by atoms with Gasteiger partial charge in [0.15, 0.2) is 17.0 Å². The van der Waals surface area contributed by atoms with E-state index < -0.39 is 5.97 Å². The highest BCUT2D eigenvalue weighted by Crippen LogP contribution is 2.24. The van der Waals surface area contributed by atoms with Gasteiger partial charge >= 0.3 is 5.97 Å². The summed E-state index contributed by atoms with van der Waals surface area (Å²) >= 11 is 3.18. The molecule has 3 aromatic heterocycles. The summed E-state index contributed by atoms with van der Waals surface area (Å²) in [5.74, 6) is 0.796. The lowest BCUT2D eigenvalue weighted by Crippen LogP contribution is -2.05. The third-order valence-electron chi connectivity index (χ3n) is 2.66. The number of esters is 1. The van der Waals surface area contributed by atoms with Crippen LogP contribution in [-0.2, 0) is 11.3 Å². The first-order chi connectivity index (χ1) is 10.1. The highest BCUT2D eigenvalue weighted by molar-refractivity contribution is 9.10. The molecule has 0 fully saturated rings. The molecule has 0 amide bonds. The molecule has 0 unspecified atom stereocenters. The van der Waals surface area contributed by atoms with Crippen LogP contribution in [0.2, 0.25) is 0 Å². The summed E-state index contributed by atoms with van der Waals surface area (Å²) in [7, 11) is 0. The van der Waals surface area contributed by atoms with Crippen molar-refractivity contribution < 1.29 is 22.8 Å². The van der Waals surface area contributed by atoms with Crippen molar-refractivity contribution >= 4 is 21.9 Å². The Morgan fingerprint density at radius 1 is 1.29 bits per heavy atom. The number of furan rings is 2. The second kappa shape index (κ2) is 5.57. The van der Waals surface area contributed by atoms with Crippen molar-refractivity contribution in [2.45, 2.75) is 13.5 Å². The highest BCUT2D eigenvalue weighted by atomic mass is 79.9. The van der Waals surface area contributed by atoms with Crippen molar-refractivity contribution in [2.75, 3.05) is 0 Å². The molecule has 21 heavy (non-hydrogen) atoms. The maximum absolute atomic E-state index is 11.8. The fourth-order valence-corrected chi connectivity index (χ4v) is 1.95. The van der Waals surface area contributed by atoms with Gasteiger partial charge in [0.25, 0.3) is 11.8 Å². The van der Waals surface area contributed by atoms with Gasteiger partial charge in [-0.25, -0.2) is 4.79 Å². The monoisotopic (exact) mass is 352 g/mol. The summed E-state index contributed by atoms with van der Waals surface area (Å²) in [6, 6.07) is 4.93. The van der Waals surface area contributed by atoms with Crippen molar-refractivity contribution in [3.63, 3.8) is 0 Å². The SMILES string of the molecule is Cc1occc1C(=O)OCc1nnc(-c2ccc(Br)o2)o1. The Labute approximate surface area is 127 Å². The second-order valence-corrected chi connectivity index (χ2v) is 4.85. The molecule has 7 nitrogen and oxygen atoms in total. The number of aromatic nitrogens is 2. The van der Waals surface area contributed by atoms with Crippen LogP contribution in [0.25, 0.3) is 11.7 Å². The maximum Gasteiger partial charge on any atom is 0.342 e. The lowest BCUT2D eigenvalue weighted by Gasteiger charge is -1.99. The molecule has 0 aliphatic carbocycles. The van der Waals surface area contributed by atoms with Crippen molar-refractivity contribution in [3.05, 3.63) is 46.3 Å². The Bertz CT molecular complexity index is 773. The van der Waals surface area contributed by atoms with Crippen molar-refractivity contribution in [2.24, 2.45) is 0 Å². The Hall–Kier alpha value is -2.35. The van der Waals surface area contributed by atoms with Gasteiger partial charge in [0.2, 0.25) is 0 Å². The van der Waals surface area contributed by atoms with Crippen LogP contribution in [0.15, 0.2) is 42.4 Å². The van der Waals surface area contributed by atoms with E-state index in [9.17, 15) is 4.79 Å². The fourth-order valence-electron chi connectivity index (χ4n) is 1.64. The molecule has 8 heteroatoms. The largest absolute Gasteiger partial charge is 0.469 e. The number of hydrogen-bond donors (Lipinski definition) is 0. The highest BCUT2D eigenvalue weighted by Gasteiger charge is 2.16. The molecule has 0 saturated heterocycles. The molecule has 0 atom stereocenters. The third-order valence-corrected chi connectivity index (χ3v) is 3.08. The van der Waals surface area contributed by atoms with E-state index in [0.717, 1.165) is 0 Å². The smallest absolute Gasteiger partial charge is 0.342 e. The average molecular weight is 353 g/mol. The zero-order valence-corrected chi connectivity index (χ0v) is 12.4. The number of carbonyl (C=O) groups is 1. The Morgan fingerprint density at radius 3 is 2.81 bits per heavy atom. The zero-order valence-electron chi connectivity index (χ0n) is 10.8. The van der Waals surface area contributed by atoms with Crippen LogP contribution in [-0.4, -0.2) is 16.2 Å². The fraction of sp³-hybridized carbons (Fsp3) is 0.154. The van der Waals surface area contributed by atoms with E-state index in [0.29, 0.717) is 21.8 Å². The standard InChI is InChI=1S/C13H9BrN2O5/c1-7-8(4-5-18-7)13(17)19-6-11-15-16-12(21-11)9-2-3-10(14)20-9/h2-5H,6H2,1H3. The molecular formula is C13H9BrN2O5. The molecule has 0 spiro atoms. The average Bonchev–Trinajstić information content (AvgIpc) is 3.16. The number of rotatable bonds is 4. The van der Waals surface area contributed by atoms with Gasteiger partial charge in [-0.2, -0.15) is 0 Å². The minimum absolute atomic E-state index is 0.127. The van der Waals surface area contributed by atoms with Gasteiger partial charge in [-0.3, -0.25) is 0 Å². The number of hydrogen-bond acceptors (Lipinski definition) is 7. The predicted octanol–water partition coefficient (Wildman–Crippen LogP) is 3.35. The van der Waals surface area contributed by atoms with Gasteiger partial charge in [-0.1, -0.05) is 0 Å². The Balaban J connectivity index is 1.65. The van der Waals surface area contributed by atoms with Crippen LogP contribution in [0, 0.1) is 6.92 Å². The van der Waals surface area contributed by atoms with E-state index in [1.54, 1.807) is 19.1 Å². The zero-order chi connectivity index (χ0) is 14.8. The second-order valence-electron chi connectivity index (χ2n) is 4.07.